The highest BCUT2D eigenvalue weighted by molar-refractivity contribution is 5.97. The van der Waals surface area contributed by atoms with Crippen LogP contribution in [-0.4, -0.2) is 33.5 Å². The molecule has 8 nitrogen and oxygen atoms in total. The summed E-state index contributed by atoms with van der Waals surface area (Å²) in [5.41, 5.74) is 5.59. The third-order valence-corrected chi connectivity index (χ3v) is 3.46. The number of aromatic nitrogens is 1. The minimum Gasteiger partial charge on any atom is -0.409 e. The Morgan fingerprint density at radius 2 is 2.38 bits per heavy atom. The van der Waals surface area contributed by atoms with Crippen molar-refractivity contribution in [1.82, 2.24) is 4.98 Å². The molecule has 1 aliphatic rings. The van der Waals surface area contributed by atoms with Gasteiger partial charge in [-0.15, -0.1) is 0 Å². The van der Waals surface area contributed by atoms with Gasteiger partial charge in [-0.2, -0.15) is 0 Å². The number of pyridine rings is 1. The van der Waals surface area contributed by atoms with Gasteiger partial charge in [-0.3, -0.25) is 10.1 Å². The molecule has 0 unspecified atom stereocenters. The molecule has 0 amide bonds. The summed E-state index contributed by atoms with van der Waals surface area (Å²) < 4.78 is 0. The molecule has 0 saturated heterocycles. The van der Waals surface area contributed by atoms with Crippen LogP contribution < -0.4 is 10.6 Å². The molecule has 1 aromatic rings. The molecule has 1 aliphatic carbocycles. The molecule has 21 heavy (non-hydrogen) atoms. The Hall–Kier alpha value is -2.38. The number of nitrogens with two attached hydrogens (primary N) is 1. The lowest BCUT2D eigenvalue weighted by atomic mass is 10.2. The first kappa shape index (κ1) is 15.0. The summed E-state index contributed by atoms with van der Waals surface area (Å²) in [7, 11) is 0. The summed E-state index contributed by atoms with van der Waals surface area (Å²) in [5, 5.41) is 22.8. The zero-order valence-corrected chi connectivity index (χ0v) is 11.9. The maximum absolute atomic E-state index is 11.3. The summed E-state index contributed by atoms with van der Waals surface area (Å²) in [6, 6.07) is 1.64. The Balaban J connectivity index is 2.38. The zero-order chi connectivity index (χ0) is 15.4. The standard InChI is InChI=1S/C13H19N5O3/c1-2-3-6-17(10-4-5-10)13-11(18(20)21)7-9(8-15-13)12(14)16-19/h7-8,10,19H,2-6H2,1H3,(H2,14,16). The van der Waals surface area contributed by atoms with Gasteiger partial charge in [-0.25, -0.2) is 4.98 Å². The van der Waals surface area contributed by atoms with Crippen LogP contribution in [0.15, 0.2) is 17.4 Å². The first-order chi connectivity index (χ1) is 10.1. The minimum absolute atomic E-state index is 0.109. The van der Waals surface area contributed by atoms with Crippen molar-refractivity contribution in [3.63, 3.8) is 0 Å². The summed E-state index contributed by atoms with van der Waals surface area (Å²) in [5.74, 6) is 0.175. The monoisotopic (exact) mass is 293 g/mol. The average molecular weight is 293 g/mol. The number of anilines is 1. The van der Waals surface area contributed by atoms with Crippen LogP contribution in [-0.2, 0) is 0 Å². The summed E-state index contributed by atoms with van der Waals surface area (Å²) in [6.07, 6.45) is 5.43. The molecule has 1 saturated carbocycles. The quantitative estimate of drug-likeness (QED) is 0.260. The second kappa shape index (κ2) is 6.38. The maximum atomic E-state index is 11.3. The van der Waals surface area contributed by atoms with Crippen molar-refractivity contribution >= 4 is 17.3 Å². The molecule has 0 atom stereocenters. The van der Waals surface area contributed by atoms with Crippen LogP contribution in [0.3, 0.4) is 0 Å². The topological polar surface area (TPSA) is 118 Å². The highest BCUT2D eigenvalue weighted by atomic mass is 16.6. The summed E-state index contributed by atoms with van der Waals surface area (Å²) in [6.45, 7) is 2.83. The SMILES string of the molecule is CCCCN(c1ncc(C(N)=NO)cc1[N+](=O)[O-])C1CC1. The molecule has 1 heterocycles. The number of oxime groups is 1. The van der Waals surface area contributed by atoms with E-state index < -0.39 is 4.92 Å². The van der Waals surface area contributed by atoms with E-state index in [4.69, 9.17) is 10.9 Å². The van der Waals surface area contributed by atoms with Crippen LogP contribution in [0.2, 0.25) is 0 Å². The van der Waals surface area contributed by atoms with Gasteiger partial charge in [0.2, 0.25) is 5.82 Å². The number of nitro groups is 1. The molecule has 1 fully saturated rings. The van der Waals surface area contributed by atoms with Crippen molar-refractivity contribution in [1.29, 1.82) is 0 Å². The Labute approximate surface area is 122 Å². The van der Waals surface area contributed by atoms with Crippen molar-refractivity contribution in [2.75, 3.05) is 11.4 Å². The predicted octanol–water partition coefficient (Wildman–Crippen LogP) is 1.85. The number of hydrogen-bond donors (Lipinski definition) is 2. The fourth-order valence-electron chi connectivity index (χ4n) is 2.18. The molecule has 0 aromatic carbocycles. The fraction of sp³-hybridized carbons (Fsp3) is 0.538. The zero-order valence-electron chi connectivity index (χ0n) is 11.9. The molecule has 0 spiro atoms. The average Bonchev–Trinajstić information content (AvgIpc) is 3.31. The van der Waals surface area contributed by atoms with Crippen molar-refractivity contribution in [3.05, 3.63) is 27.9 Å². The number of rotatable bonds is 7. The molecule has 1 aromatic heterocycles. The van der Waals surface area contributed by atoms with Crippen LogP contribution in [0.5, 0.6) is 0 Å². The smallest absolute Gasteiger partial charge is 0.312 e. The molecule has 114 valence electrons. The van der Waals surface area contributed by atoms with Gasteiger partial charge in [-0.05, 0) is 19.3 Å². The van der Waals surface area contributed by atoms with E-state index in [1.54, 1.807) is 0 Å². The predicted molar refractivity (Wildman–Crippen MR) is 78.7 cm³/mol. The number of unbranched alkanes of at least 4 members (excludes halogenated alkanes) is 1. The van der Waals surface area contributed by atoms with E-state index in [0.717, 1.165) is 32.2 Å². The number of nitrogens with zero attached hydrogens (tertiary/aromatic N) is 4. The van der Waals surface area contributed by atoms with Crippen molar-refractivity contribution < 1.29 is 10.1 Å². The minimum atomic E-state index is -0.474. The Kier molecular flexibility index (Phi) is 4.56. The van der Waals surface area contributed by atoms with E-state index in [-0.39, 0.29) is 17.1 Å². The molecular weight excluding hydrogens is 274 g/mol. The van der Waals surface area contributed by atoms with Gasteiger partial charge in [0.15, 0.2) is 5.84 Å². The van der Waals surface area contributed by atoms with E-state index in [0.29, 0.717) is 11.9 Å². The molecule has 0 aliphatic heterocycles. The normalized spacial score (nSPS) is 15.0. The highest BCUT2D eigenvalue weighted by Gasteiger charge is 2.33. The third-order valence-electron chi connectivity index (χ3n) is 3.46. The van der Waals surface area contributed by atoms with Gasteiger partial charge in [0.1, 0.15) is 0 Å². The van der Waals surface area contributed by atoms with Gasteiger partial charge in [-0.1, -0.05) is 18.5 Å². The first-order valence-electron chi connectivity index (χ1n) is 6.97. The lowest BCUT2D eigenvalue weighted by molar-refractivity contribution is -0.384. The number of hydrogen-bond acceptors (Lipinski definition) is 6. The van der Waals surface area contributed by atoms with E-state index in [1.807, 2.05) is 4.90 Å². The number of amidine groups is 1. The lowest BCUT2D eigenvalue weighted by Crippen LogP contribution is -2.29. The van der Waals surface area contributed by atoms with Gasteiger partial charge in [0.05, 0.1) is 4.92 Å². The van der Waals surface area contributed by atoms with Crippen molar-refractivity contribution in [3.8, 4) is 0 Å². The van der Waals surface area contributed by atoms with Crippen LogP contribution in [0.1, 0.15) is 38.2 Å². The van der Waals surface area contributed by atoms with Crippen molar-refractivity contribution in [2.24, 2.45) is 10.9 Å². The van der Waals surface area contributed by atoms with Crippen molar-refractivity contribution in [2.45, 2.75) is 38.6 Å². The lowest BCUT2D eigenvalue weighted by Gasteiger charge is -2.23. The summed E-state index contributed by atoms with van der Waals surface area (Å²) in [4.78, 5) is 17.0. The molecule has 0 bridgehead atoms. The van der Waals surface area contributed by atoms with Crippen LogP contribution >= 0.6 is 0 Å². The highest BCUT2D eigenvalue weighted by Crippen LogP contribution is 2.35. The van der Waals surface area contributed by atoms with Crippen LogP contribution in [0.25, 0.3) is 0 Å². The Morgan fingerprint density at radius 3 is 2.90 bits per heavy atom. The van der Waals surface area contributed by atoms with E-state index in [9.17, 15) is 10.1 Å². The van der Waals surface area contributed by atoms with E-state index in [1.165, 1.54) is 12.3 Å². The first-order valence-corrected chi connectivity index (χ1v) is 6.97. The van der Waals surface area contributed by atoms with Gasteiger partial charge >= 0.3 is 5.69 Å². The Morgan fingerprint density at radius 1 is 1.67 bits per heavy atom. The van der Waals surface area contributed by atoms with Crippen LogP contribution in [0, 0.1) is 10.1 Å². The van der Waals surface area contributed by atoms with Gasteiger partial charge in [0, 0.05) is 30.4 Å². The Bertz CT molecular complexity index is 557. The molecular formula is C13H19N5O3. The second-order valence-corrected chi connectivity index (χ2v) is 5.09. The maximum Gasteiger partial charge on any atom is 0.312 e. The van der Waals surface area contributed by atoms with E-state index >= 15 is 0 Å². The molecule has 8 heteroatoms. The van der Waals surface area contributed by atoms with E-state index in [2.05, 4.69) is 17.1 Å². The van der Waals surface area contributed by atoms with Gasteiger partial charge in [0.25, 0.3) is 0 Å². The van der Waals surface area contributed by atoms with Gasteiger partial charge < -0.3 is 15.8 Å². The van der Waals surface area contributed by atoms with Crippen LogP contribution in [0.4, 0.5) is 11.5 Å². The third kappa shape index (κ3) is 3.39. The molecule has 0 radical (unpaired) electrons. The second-order valence-electron chi connectivity index (χ2n) is 5.09. The summed E-state index contributed by atoms with van der Waals surface area (Å²) >= 11 is 0. The largest absolute Gasteiger partial charge is 0.409 e. The molecule has 3 N–H and O–H groups in total. The fourth-order valence-corrected chi connectivity index (χ4v) is 2.18. The molecule has 2 rings (SSSR count).